The van der Waals surface area contributed by atoms with E-state index in [0.717, 1.165) is 33.6 Å². The molecule has 7 nitrogen and oxygen atoms in total. The Bertz CT molecular complexity index is 1880. The van der Waals surface area contributed by atoms with Crippen LogP contribution in [-0.4, -0.2) is 65.4 Å². The Balaban J connectivity index is 1.30. The van der Waals surface area contributed by atoms with Crippen LogP contribution in [0.25, 0.3) is 16.7 Å². The molecule has 5 rings (SSSR count). The molecular weight excluding hydrogens is 663 g/mol. The topological polar surface area (TPSA) is 82.1 Å². The van der Waals surface area contributed by atoms with Crippen molar-refractivity contribution >= 4 is 41.0 Å². The van der Waals surface area contributed by atoms with E-state index < -0.39 is 29.8 Å². The Hall–Kier alpha value is -4.02. The lowest BCUT2D eigenvalue weighted by molar-refractivity contribution is -0.142. The van der Waals surface area contributed by atoms with Gasteiger partial charge in [0, 0.05) is 13.1 Å². The third-order valence-corrected chi connectivity index (χ3v) is 14.0. The largest absolute Gasteiger partial charge is 0.491 e. The maximum absolute atomic E-state index is 13.2. The monoisotopic (exact) mass is 710 g/mol. The number of sulfonamides is 1. The summed E-state index contributed by atoms with van der Waals surface area (Å²) in [5, 5.41) is 2.40. The van der Waals surface area contributed by atoms with Gasteiger partial charge >= 0.3 is 5.97 Å². The summed E-state index contributed by atoms with van der Waals surface area (Å²) in [5.74, 6) is 0.0134. The zero-order chi connectivity index (χ0) is 36.1. The second-order valence-corrected chi connectivity index (χ2v) is 18.8. The molecule has 0 saturated heterocycles. The molecule has 0 saturated carbocycles. The van der Waals surface area contributed by atoms with Gasteiger partial charge in [-0.1, -0.05) is 118 Å². The number of esters is 1. The standard InChI is InChI=1S/C41H48NO6SSi/c1-30-27-32(31-23-25-42(26-24-31)49(44,45)41(5,6)39(43)46-7)21-22-37(30)33-15-14-16-34(28-33)47-29-38(40(2,3)4)48-50(35-17-10-8-11-18-35)36-19-12-9-13-20-36/h8-23,27-28,38H,24-26,29H2,1-7H3. The van der Waals surface area contributed by atoms with Crippen LogP contribution in [0.5, 0.6) is 5.75 Å². The lowest BCUT2D eigenvalue weighted by Crippen LogP contribution is -2.51. The number of nitrogens with zero attached hydrogens (tertiary/aromatic N) is 1. The van der Waals surface area contributed by atoms with Gasteiger partial charge in [-0.05, 0) is 82.9 Å². The fourth-order valence-electron chi connectivity index (χ4n) is 6.00. The van der Waals surface area contributed by atoms with Crippen LogP contribution in [0.4, 0.5) is 0 Å². The smallest absolute Gasteiger partial charge is 0.328 e. The number of hydrogen-bond donors (Lipinski definition) is 0. The van der Waals surface area contributed by atoms with E-state index in [1.165, 1.54) is 35.6 Å². The molecule has 1 aliphatic heterocycles. The van der Waals surface area contributed by atoms with Crippen molar-refractivity contribution in [2.75, 3.05) is 26.8 Å². The van der Waals surface area contributed by atoms with E-state index in [1.54, 1.807) is 0 Å². The number of rotatable bonds is 12. The van der Waals surface area contributed by atoms with Crippen molar-refractivity contribution in [2.45, 2.75) is 58.8 Å². The molecule has 50 heavy (non-hydrogen) atoms. The third-order valence-electron chi connectivity index (χ3n) is 9.28. The highest BCUT2D eigenvalue weighted by molar-refractivity contribution is 7.91. The lowest BCUT2D eigenvalue weighted by Gasteiger charge is -2.34. The molecule has 0 aliphatic carbocycles. The number of ether oxygens (including phenoxy) is 2. The fourth-order valence-corrected chi connectivity index (χ4v) is 9.85. The summed E-state index contributed by atoms with van der Waals surface area (Å²) in [6.07, 6.45) is 2.34. The van der Waals surface area contributed by atoms with Crippen molar-refractivity contribution in [1.82, 2.24) is 4.31 Å². The molecule has 9 heteroatoms. The number of carbonyl (C=O) groups is 1. The van der Waals surface area contributed by atoms with E-state index in [4.69, 9.17) is 13.9 Å². The second-order valence-electron chi connectivity index (χ2n) is 14.2. The zero-order valence-electron chi connectivity index (χ0n) is 30.1. The Morgan fingerprint density at radius 3 is 2.02 bits per heavy atom. The normalized spacial score (nSPS) is 15.0. The molecule has 263 valence electrons. The van der Waals surface area contributed by atoms with Crippen molar-refractivity contribution in [2.24, 2.45) is 5.41 Å². The number of hydrogen-bond acceptors (Lipinski definition) is 6. The zero-order valence-corrected chi connectivity index (χ0v) is 31.9. The Kier molecular flexibility index (Phi) is 11.5. The highest BCUT2D eigenvalue weighted by Crippen LogP contribution is 2.33. The minimum atomic E-state index is -3.89. The molecule has 0 amide bonds. The maximum Gasteiger partial charge on any atom is 0.328 e. The summed E-state index contributed by atoms with van der Waals surface area (Å²) >= 11 is 0. The predicted molar refractivity (Wildman–Crippen MR) is 204 cm³/mol. The van der Waals surface area contributed by atoms with E-state index in [-0.39, 0.29) is 18.1 Å². The average molecular weight is 711 g/mol. The van der Waals surface area contributed by atoms with Crippen LogP contribution < -0.4 is 15.1 Å². The van der Waals surface area contributed by atoms with Crippen LogP contribution in [0.1, 0.15) is 52.2 Å². The molecule has 1 radical (unpaired) electrons. The van der Waals surface area contributed by atoms with Crippen molar-refractivity contribution in [3.05, 3.63) is 120 Å². The quantitative estimate of drug-likeness (QED) is 0.121. The summed E-state index contributed by atoms with van der Waals surface area (Å²) in [6, 6.07) is 35.5. The SMILES string of the molecule is COC(=O)C(C)(C)S(=O)(=O)N1CC=C(c2ccc(-c3cccc(OCC(O[Si](c4ccccc4)c4ccccc4)C(C)(C)C)c3)c(C)c2)CC1. The van der Waals surface area contributed by atoms with Crippen LogP contribution in [0, 0.1) is 12.3 Å². The summed E-state index contributed by atoms with van der Waals surface area (Å²) in [6.45, 7) is 12.4. The molecule has 1 aliphatic rings. The highest BCUT2D eigenvalue weighted by Gasteiger charge is 2.46. The first-order chi connectivity index (χ1) is 23.7. The average Bonchev–Trinajstić information content (AvgIpc) is 3.11. The number of aryl methyl sites for hydroxylation is 1. The fraction of sp³-hybridized carbons (Fsp3) is 0.341. The molecule has 0 aromatic heterocycles. The van der Waals surface area contributed by atoms with Crippen molar-refractivity contribution in [3.8, 4) is 16.9 Å². The first kappa shape index (κ1) is 37.2. The van der Waals surface area contributed by atoms with Crippen LogP contribution in [0.2, 0.25) is 0 Å². The van der Waals surface area contributed by atoms with Gasteiger partial charge in [-0.15, -0.1) is 0 Å². The molecule has 1 unspecified atom stereocenters. The number of methoxy groups -OCH3 is 1. The molecule has 1 heterocycles. The summed E-state index contributed by atoms with van der Waals surface area (Å²) < 4.78 is 44.3. The number of carbonyl (C=O) groups excluding carboxylic acids is 1. The van der Waals surface area contributed by atoms with Crippen molar-refractivity contribution < 1.29 is 27.1 Å². The van der Waals surface area contributed by atoms with E-state index in [2.05, 4.69) is 107 Å². The molecule has 4 aromatic carbocycles. The molecule has 1 atom stereocenters. The maximum atomic E-state index is 13.2. The molecule has 0 N–H and O–H groups in total. The van der Waals surface area contributed by atoms with Gasteiger partial charge in [0.15, 0.2) is 4.75 Å². The van der Waals surface area contributed by atoms with Gasteiger partial charge in [0.1, 0.15) is 12.4 Å². The van der Waals surface area contributed by atoms with Crippen molar-refractivity contribution in [1.29, 1.82) is 0 Å². The second kappa shape index (κ2) is 15.5. The van der Waals surface area contributed by atoms with Gasteiger partial charge in [-0.3, -0.25) is 4.79 Å². The van der Waals surface area contributed by atoms with Crippen LogP contribution >= 0.6 is 0 Å². The summed E-state index contributed by atoms with van der Waals surface area (Å²) in [7, 11) is -4.19. The van der Waals surface area contributed by atoms with E-state index >= 15 is 0 Å². The van der Waals surface area contributed by atoms with E-state index in [9.17, 15) is 13.2 Å². The van der Waals surface area contributed by atoms with Gasteiger partial charge in [0.2, 0.25) is 10.0 Å². The highest BCUT2D eigenvalue weighted by atomic mass is 32.2. The number of benzene rings is 4. The van der Waals surface area contributed by atoms with Gasteiger partial charge in [0.05, 0.1) is 13.2 Å². The van der Waals surface area contributed by atoms with Gasteiger partial charge in [-0.2, -0.15) is 4.31 Å². The van der Waals surface area contributed by atoms with Crippen LogP contribution in [-0.2, 0) is 24.0 Å². The van der Waals surface area contributed by atoms with Crippen molar-refractivity contribution in [3.63, 3.8) is 0 Å². The molecule has 4 aromatic rings. The Morgan fingerprint density at radius 1 is 0.840 bits per heavy atom. The van der Waals surface area contributed by atoms with Crippen LogP contribution in [0.3, 0.4) is 0 Å². The summed E-state index contributed by atoms with van der Waals surface area (Å²) in [4.78, 5) is 12.2. The molecular formula is C41H48NO6SSi. The Morgan fingerprint density at radius 2 is 1.48 bits per heavy atom. The molecule has 0 fully saturated rings. The van der Waals surface area contributed by atoms with E-state index in [0.29, 0.717) is 19.6 Å². The molecule has 0 spiro atoms. The lowest BCUT2D eigenvalue weighted by atomic mass is 9.90. The molecule has 0 bridgehead atoms. The van der Waals surface area contributed by atoms with Gasteiger partial charge < -0.3 is 13.9 Å². The van der Waals surface area contributed by atoms with Gasteiger partial charge in [-0.25, -0.2) is 8.42 Å². The Labute approximate surface area is 299 Å². The minimum Gasteiger partial charge on any atom is -0.491 e. The van der Waals surface area contributed by atoms with E-state index in [1.807, 2.05) is 30.3 Å². The summed E-state index contributed by atoms with van der Waals surface area (Å²) in [5.41, 5.74) is 5.24. The van der Waals surface area contributed by atoms with Crippen LogP contribution in [0.15, 0.2) is 109 Å². The third kappa shape index (κ3) is 8.29. The van der Waals surface area contributed by atoms with Gasteiger partial charge in [0.25, 0.3) is 9.04 Å². The first-order valence-corrected chi connectivity index (χ1v) is 19.8. The minimum absolute atomic E-state index is 0.150. The first-order valence-electron chi connectivity index (χ1n) is 17.0. The predicted octanol–water partition coefficient (Wildman–Crippen LogP) is 6.65.